The minimum Gasteiger partial charge on any atom is -0.320 e. The highest BCUT2D eigenvalue weighted by atomic mass is 32.2. The number of carbonyl (C=O) groups excluding carboxylic acids is 1. The van der Waals surface area contributed by atoms with Gasteiger partial charge in [0.1, 0.15) is 5.01 Å². The van der Waals surface area contributed by atoms with E-state index in [1.54, 1.807) is 17.6 Å². The maximum absolute atomic E-state index is 13.7. The molecule has 0 unspecified atom stereocenters. The summed E-state index contributed by atoms with van der Waals surface area (Å²) >= 11 is 1.27. The van der Waals surface area contributed by atoms with Crippen molar-refractivity contribution in [1.82, 2.24) is 24.6 Å². The van der Waals surface area contributed by atoms with E-state index in [9.17, 15) is 26.4 Å². The Labute approximate surface area is 197 Å². The van der Waals surface area contributed by atoms with Gasteiger partial charge in [0.25, 0.3) is 0 Å². The third-order valence-electron chi connectivity index (χ3n) is 5.21. The van der Waals surface area contributed by atoms with E-state index in [1.165, 1.54) is 34.7 Å². The third-order valence-corrected chi connectivity index (χ3v) is 6.64. The Kier molecular flexibility index (Phi) is 6.64. The molecule has 1 N–H and O–H groups in total. The topological polar surface area (TPSA) is 100 Å². The van der Waals surface area contributed by atoms with Gasteiger partial charge in [-0.25, -0.2) is 18.2 Å². The largest absolute Gasteiger partial charge is 0.416 e. The Bertz CT molecular complexity index is 1270. The highest BCUT2D eigenvalue weighted by molar-refractivity contribution is 7.92. The summed E-state index contributed by atoms with van der Waals surface area (Å²) in [5.41, 5.74) is 0.0538. The van der Waals surface area contributed by atoms with Crippen molar-refractivity contribution in [2.24, 2.45) is 0 Å². The monoisotopic (exact) mass is 514 g/mol. The van der Waals surface area contributed by atoms with E-state index in [1.807, 2.05) is 4.90 Å². The summed E-state index contributed by atoms with van der Waals surface area (Å²) in [7, 11) is -3.50. The smallest absolute Gasteiger partial charge is 0.320 e. The number of anilines is 1. The van der Waals surface area contributed by atoms with Gasteiger partial charge in [-0.3, -0.25) is 9.62 Å². The van der Waals surface area contributed by atoms with Gasteiger partial charge in [-0.05, 0) is 11.6 Å². The van der Waals surface area contributed by atoms with Crippen LogP contribution in [0, 0.1) is 0 Å². The van der Waals surface area contributed by atoms with Crippen LogP contribution < -0.4 is 4.72 Å². The summed E-state index contributed by atoms with van der Waals surface area (Å²) in [4.78, 5) is 20.1. The molecule has 0 radical (unpaired) electrons. The molecule has 1 aromatic carbocycles. The molecule has 3 aromatic rings. The SMILES string of the molecule is CS(=O)(=O)Nc1cnn(C(=O)N2CCN(Cc3ccc(-c4nccs4)cc3C(F)(F)F)CC2)c1. The van der Waals surface area contributed by atoms with Crippen LogP contribution in [0.15, 0.2) is 42.2 Å². The van der Waals surface area contributed by atoms with E-state index in [4.69, 9.17) is 0 Å². The van der Waals surface area contributed by atoms with E-state index in [-0.39, 0.29) is 17.8 Å². The van der Waals surface area contributed by atoms with Crippen LogP contribution in [-0.2, 0) is 22.7 Å². The summed E-state index contributed by atoms with van der Waals surface area (Å²) in [5, 5.41) is 6.12. The molecule has 1 aliphatic heterocycles. The van der Waals surface area contributed by atoms with Crippen molar-refractivity contribution in [1.29, 1.82) is 0 Å². The zero-order valence-corrected chi connectivity index (χ0v) is 19.6. The Morgan fingerprint density at radius 1 is 1.21 bits per heavy atom. The van der Waals surface area contributed by atoms with Gasteiger partial charge in [-0.1, -0.05) is 12.1 Å². The molecule has 1 amide bonds. The number of piperazine rings is 1. The molecule has 182 valence electrons. The standard InChI is InChI=1S/C20H21F3N6O3S2/c1-34(31,32)26-16-11-25-29(13-16)19(30)28-7-5-27(6-8-28)12-15-3-2-14(18-24-4-9-33-18)10-17(15)20(21,22)23/h2-4,9-11,13,26H,5-8,12H2,1H3. The fourth-order valence-electron chi connectivity index (χ4n) is 3.65. The number of rotatable bonds is 5. The minimum atomic E-state index is -4.50. The number of carbonyl (C=O) groups is 1. The summed E-state index contributed by atoms with van der Waals surface area (Å²) in [6.07, 6.45) is 0.535. The molecule has 14 heteroatoms. The quantitative estimate of drug-likeness (QED) is 0.562. The number of halogens is 3. The summed E-state index contributed by atoms with van der Waals surface area (Å²) in [6, 6.07) is 3.82. The van der Waals surface area contributed by atoms with Gasteiger partial charge in [0.15, 0.2) is 0 Å². The summed E-state index contributed by atoms with van der Waals surface area (Å²) in [6.45, 7) is 1.46. The molecule has 0 spiro atoms. The van der Waals surface area contributed by atoms with Gasteiger partial charge in [0, 0.05) is 49.9 Å². The molecule has 1 saturated heterocycles. The number of nitrogens with one attached hydrogen (secondary N) is 1. The first-order chi connectivity index (χ1) is 16.0. The van der Waals surface area contributed by atoms with Crippen LogP contribution in [0.4, 0.5) is 23.7 Å². The molecule has 0 saturated carbocycles. The van der Waals surface area contributed by atoms with Gasteiger partial charge in [-0.2, -0.15) is 23.0 Å². The number of nitrogens with zero attached hydrogens (tertiary/aromatic N) is 5. The highest BCUT2D eigenvalue weighted by Crippen LogP contribution is 2.36. The minimum absolute atomic E-state index is 0.0964. The summed E-state index contributed by atoms with van der Waals surface area (Å²) < 4.78 is 67.1. The number of amides is 1. The average molecular weight is 515 g/mol. The third kappa shape index (κ3) is 5.74. The first kappa shape index (κ1) is 24.2. The van der Waals surface area contributed by atoms with E-state index >= 15 is 0 Å². The highest BCUT2D eigenvalue weighted by Gasteiger charge is 2.34. The molecule has 1 aliphatic rings. The first-order valence-corrected chi connectivity index (χ1v) is 12.9. The Morgan fingerprint density at radius 3 is 2.56 bits per heavy atom. The van der Waals surface area contributed by atoms with Crippen LogP contribution in [0.5, 0.6) is 0 Å². The van der Waals surface area contributed by atoms with E-state index in [0.717, 1.165) is 17.0 Å². The summed E-state index contributed by atoms with van der Waals surface area (Å²) in [5.74, 6) is 0. The molecular formula is C20H21F3N6O3S2. The lowest BCUT2D eigenvalue weighted by Crippen LogP contribution is -2.49. The van der Waals surface area contributed by atoms with Gasteiger partial charge in [-0.15, -0.1) is 11.3 Å². The van der Waals surface area contributed by atoms with E-state index < -0.39 is 27.8 Å². The Hall–Kier alpha value is -2.97. The molecule has 34 heavy (non-hydrogen) atoms. The number of sulfonamides is 1. The molecule has 0 atom stereocenters. The molecule has 0 bridgehead atoms. The van der Waals surface area contributed by atoms with Crippen LogP contribution in [0.1, 0.15) is 11.1 Å². The van der Waals surface area contributed by atoms with Gasteiger partial charge < -0.3 is 4.90 Å². The predicted octanol–water partition coefficient (Wildman–Crippen LogP) is 3.18. The lowest BCUT2D eigenvalue weighted by atomic mass is 10.0. The van der Waals surface area contributed by atoms with Crippen LogP contribution in [-0.4, -0.2) is 71.4 Å². The number of hydrogen-bond acceptors (Lipinski definition) is 7. The van der Waals surface area contributed by atoms with Crippen molar-refractivity contribution in [3.8, 4) is 10.6 Å². The number of alkyl halides is 3. The molecule has 9 nitrogen and oxygen atoms in total. The Morgan fingerprint density at radius 2 is 1.94 bits per heavy atom. The second-order valence-electron chi connectivity index (χ2n) is 7.80. The Balaban J connectivity index is 1.41. The van der Waals surface area contributed by atoms with Crippen LogP contribution in [0.3, 0.4) is 0 Å². The molecule has 1 fully saturated rings. The lowest BCUT2D eigenvalue weighted by Gasteiger charge is -2.34. The van der Waals surface area contributed by atoms with Crippen molar-refractivity contribution in [3.63, 3.8) is 0 Å². The number of thiazole rings is 1. The van der Waals surface area contributed by atoms with Crippen LogP contribution in [0.25, 0.3) is 10.6 Å². The number of hydrogen-bond donors (Lipinski definition) is 1. The normalized spacial score (nSPS) is 15.5. The molecule has 2 aromatic heterocycles. The van der Waals surface area contributed by atoms with Crippen molar-refractivity contribution in [2.45, 2.75) is 12.7 Å². The van der Waals surface area contributed by atoms with Crippen molar-refractivity contribution in [2.75, 3.05) is 37.2 Å². The number of aromatic nitrogens is 3. The molecular weight excluding hydrogens is 493 g/mol. The van der Waals surface area contributed by atoms with Crippen LogP contribution >= 0.6 is 11.3 Å². The first-order valence-electron chi connectivity index (χ1n) is 10.1. The maximum atomic E-state index is 13.7. The van der Waals surface area contributed by atoms with E-state index in [0.29, 0.717) is 36.8 Å². The van der Waals surface area contributed by atoms with Gasteiger partial charge in [0.2, 0.25) is 10.0 Å². The second kappa shape index (κ2) is 9.35. The van der Waals surface area contributed by atoms with Crippen molar-refractivity contribution < 1.29 is 26.4 Å². The molecule has 0 aliphatic carbocycles. The zero-order chi connectivity index (χ0) is 24.5. The fraction of sp³-hybridized carbons (Fsp3) is 0.350. The molecule has 4 rings (SSSR count). The number of benzene rings is 1. The molecule has 3 heterocycles. The van der Waals surface area contributed by atoms with Crippen molar-refractivity contribution in [3.05, 3.63) is 53.3 Å². The predicted molar refractivity (Wildman–Crippen MR) is 121 cm³/mol. The van der Waals surface area contributed by atoms with E-state index in [2.05, 4.69) is 14.8 Å². The van der Waals surface area contributed by atoms with Gasteiger partial charge in [0.05, 0.1) is 29.9 Å². The van der Waals surface area contributed by atoms with Gasteiger partial charge >= 0.3 is 12.2 Å². The maximum Gasteiger partial charge on any atom is 0.416 e. The fourth-order valence-corrected chi connectivity index (χ4v) is 4.82. The van der Waals surface area contributed by atoms with Crippen molar-refractivity contribution >= 4 is 33.1 Å². The lowest BCUT2D eigenvalue weighted by molar-refractivity contribution is -0.138. The van der Waals surface area contributed by atoms with Crippen LogP contribution in [0.2, 0.25) is 0 Å². The zero-order valence-electron chi connectivity index (χ0n) is 18.0. The second-order valence-corrected chi connectivity index (χ2v) is 10.4. The average Bonchev–Trinajstić information content (AvgIpc) is 3.45.